The molecular formula is C15H20N2O2S. The van der Waals surface area contributed by atoms with Crippen LogP contribution < -0.4 is 5.32 Å². The molecule has 108 valence electrons. The van der Waals surface area contributed by atoms with Crippen molar-refractivity contribution in [1.29, 1.82) is 0 Å². The minimum absolute atomic E-state index is 0.152. The maximum absolute atomic E-state index is 9.87. The average molecular weight is 292 g/mol. The van der Waals surface area contributed by atoms with Gasteiger partial charge >= 0.3 is 0 Å². The molecule has 0 aliphatic carbocycles. The van der Waals surface area contributed by atoms with Crippen LogP contribution in [0.3, 0.4) is 0 Å². The molecule has 0 bridgehead atoms. The van der Waals surface area contributed by atoms with Crippen molar-refractivity contribution in [3.8, 4) is 0 Å². The van der Waals surface area contributed by atoms with E-state index in [1.165, 1.54) is 0 Å². The van der Waals surface area contributed by atoms with Crippen LogP contribution in [0.25, 0.3) is 0 Å². The molecule has 2 rings (SSSR count). The van der Waals surface area contributed by atoms with Gasteiger partial charge in [-0.1, -0.05) is 30.3 Å². The lowest BCUT2D eigenvalue weighted by Crippen LogP contribution is -2.32. The van der Waals surface area contributed by atoms with Gasteiger partial charge in [0.05, 0.1) is 25.4 Å². The van der Waals surface area contributed by atoms with Gasteiger partial charge in [0.1, 0.15) is 5.01 Å². The number of aromatic nitrogens is 1. The number of hydrogen-bond acceptors (Lipinski definition) is 5. The summed E-state index contributed by atoms with van der Waals surface area (Å²) in [6, 6.07) is 10.1. The first-order valence-corrected chi connectivity index (χ1v) is 7.56. The van der Waals surface area contributed by atoms with Crippen LogP contribution in [0.15, 0.2) is 41.9 Å². The van der Waals surface area contributed by atoms with Gasteiger partial charge in [0.25, 0.3) is 0 Å². The van der Waals surface area contributed by atoms with Crippen LogP contribution in [-0.2, 0) is 11.3 Å². The Kier molecular flexibility index (Phi) is 6.14. The van der Waals surface area contributed by atoms with Gasteiger partial charge < -0.3 is 15.2 Å². The fourth-order valence-electron chi connectivity index (χ4n) is 1.79. The minimum atomic E-state index is -0.513. The Morgan fingerprint density at radius 2 is 2.15 bits per heavy atom. The van der Waals surface area contributed by atoms with E-state index in [0.29, 0.717) is 19.8 Å². The van der Waals surface area contributed by atoms with Gasteiger partial charge in [-0.3, -0.25) is 0 Å². The third kappa shape index (κ3) is 5.02. The predicted octanol–water partition coefficient (Wildman–Crippen LogP) is 2.37. The average Bonchev–Trinajstić information content (AvgIpc) is 3.00. The summed E-state index contributed by atoms with van der Waals surface area (Å²) in [5, 5.41) is 16.1. The molecule has 4 nitrogen and oxygen atoms in total. The number of hydrogen-bond donors (Lipinski definition) is 2. The van der Waals surface area contributed by atoms with Crippen molar-refractivity contribution in [1.82, 2.24) is 10.3 Å². The summed E-state index contributed by atoms with van der Waals surface area (Å²) in [6.45, 7) is 3.39. The molecule has 1 aromatic heterocycles. The summed E-state index contributed by atoms with van der Waals surface area (Å²) in [5.41, 5.74) is 1.11. The molecule has 20 heavy (non-hydrogen) atoms. The molecule has 0 aliphatic heterocycles. The summed E-state index contributed by atoms with van der Waals surface area (Å²) in [5.74, 6) is 0. The van der Waals surface area contributed by atoms with Crippen LogP contribution in [0.5, 0.6) is 0 Å². The molecule has 0 radical (unpaired) electrons. The Morgan fingerprint density at radius 3 is 2.85 bits per heavy atom. The number of ether oxygens (including phenoxy) is 1. The molecule has 1 aromatic carbocycles. The van der Waals surface area contributed by atoms with Gasteiger partial charge in [0.2, 0.25) is 0 Å². The lowest BCUT2D eigenvalue weighted by molar-refractivity contribution is 0.0278. The maximum Gasteiger partial charge on any atom is 0.109 e. The molecule has 5 heteroatoms. The zero-order chi connectivity index (χ0) is 14.2. The van der Waals surface area contributed by atoms with E-state index in [4.69, 9.17) is 4.74 Å². The Bertz CT molecular complexity index is 476. The summed E-state index contributed by atoms with van der Waals surface area (Å²) < 4.78 is 5.50. The molecule has 0 fully saturated rings. The fourth-order valence-corrected chi connectivity index (χ4v) is 2.46. The molecular weight excluding hydrogens is 272 g/mol. The number of aliphatic hydroxyl groups excluding tert-OH is 1. The number of nitrogens with one attached hydrogen (secondary N) is 1. The van der Waals surface area contributed by atoms with Crippen LogP contribution >= 0.6 is 11.3 Å². The number of rotatable bonds is 8. The summed E-state index contributed by atoms with van der Waals surface area (Å²) in [6.07, 6.45) is 1.28. The van der Waals surface area contributed by atoms with Crippen molar-refractivity contribution in [3.63, 3.8) is 0 Å². The van der Waals surface area contributed by atoms with Crippen molar-refractivity contribution in [3.05, 3.63) is 52.5 Å². The minimum Gasteiger partial charge on any atom is -0.389 e. The van der Waals surface area contributed by atoms with Gasteiger partial charge in [-0.25, -0.2) is 4.98 Å². The highest BCUT2D eigenvalue weighted by molar-refractivity contribution is 7.09. The standard InChI is InChI=1S/C15H20N2O2S/c1-12(15-16-7-8-20-15)17-9-14(18)11-19-10-13-5-3-2-4-6-13/h2-8,12,14,17-18H,9-11H2,1H3. The Balaban J connectivity index is 1.62. The molecule has 0 aliphatic rings. The predicted molar refractivity (Wildman–Crippen MR) is 80.6 cm³/mol. The second-order valence-electron chi connectivity index (χ2n) is 4.65. The maximum atomic E-state index is 9.87. The van der Waals surface area contributed by atoms with Crippen LogP contribution in [-0.4, -0.2) is 29.3 Å². The molecule has 0 saturated carbocycles. The number of aliphatic hydroxyl groups is 1. The Labute approximate surface area is 123 Å². The highest BCUT2D eigenvalue weighted by Gasteiger charge is 2.10. The van der Waals surface area contributed by atoms with E-state index in [9.17, 15) is 5.11 Å². The largest absolute Gasteiger partial charge is 0.389 e. The highest BCUT2D eigenvalue weighted by Crippen LogP contribution is 2.14. The first kappa shape index (κ1) is 15.1. The van der Waals surface area contributed by atoms with Gasteiger partial charge in [-0.05, 0) is 12.5 Å². The molecule has 0 spiro atoms. The molecule has 2 unspecified atom stereocenters. The van der Waals surface area contributed by atoms with Gasteiger partial charge in [-0.15, -0.1) is 11.3 Å². The summed E-state index contributed by atoms with van der Waals surface area (Å²) in [4.78, 5) is 4.24. The van der Waals surface area contributed by atoms with E-state index in [1.54, 1.807) is 17.5 Å². The lowest BCUT2D eigenvalue weighted by Gasteiger charge is -2.15. The summed E-state index contributed by atoms with van der Waals surface area (Å²) >= 11 is 1.61. The van der Waals surface area contributed by atoms with E-state index in [1.807, 2.05) is 42.6 Å². The van der Waals surface area contributed by atoms with E-state index in [-0.39, 0.29) is 6.04 Å². The fraction of sp³-hybridized carbons (Fsp3) is 0.400. The third-order valence-corrected chi connectivity index (χ3v) is 3.86. The Hall–Kier alpha value is -1.27. The van der Waals surface area contributed by atoms with Crippen LogP contribution in [0, 0.1) is 0 Å². The van der Waals surface area contributed by atoms with Crippen molar-refractivity contribution < 1.29 is 9.84 Å². The Morgan fingerprint density at radius 1 is 1.35 bits per heavy atom. The van der Waals surface area contributed by atoms with Crippen molar-refractivity contribution in [2.45, 2.75) is 25.7 Å². The molecule has 0 amide bonds. The first-order valence-electron chi connectivity index (χ1n) is 6.68. The normalized spacial score (nSPS) is 14.1. The second-order valence-corrected chi connectivity index (χ2v) is 5.58. The number of thiazole rings is 1. The van der Waals surface area contributed by atoms with Crippen molar-refractivity contribution >= 4 is 11.3 Å². The van der Waals surface area contributed by atoms with Crippen molar-refractivity contribution in [2.24, 2.45) is 0 Å². The van der Waals surface area contributed by atoms with Crippen LogP contribution in [0.1, 0.15) is 23.5 Å². The van der Waals surface area contributed by atoms with E-state index in [0.717, 1.165) is 10.6 Å². The molecule has 2 atom stereocenters. The monoisotopic (exact) mass is 292 g/mol. The van der Waals surface area contributed by atoms with E-state index >= 15 is 0 Å². The van der Waals surface area contributed by atoms with Crippen LogP contribution in [0.4, 0.5) is 0 Å². The van der Waals surface area contributed by atoms with E-state index in [2.05, 4.69) is 10.3 Å². The number of benzene rings is 1. The lowest BCUT2D eigenvalue weighted by atomic mass is 10.2. The van der Waals surface area contributed by atoms with Crippen LogP contribution in [0.2, 0.25) is 0 Å². The molecule has 2 N–H and O–H groups in total. The third-order valence-electron chi connectivity index (χ3n) is 2.90. The quantitative estimate of drug-likeness (QED) is 0.784. The number of nitrogens with zero attached hydrogens (tertiary/aromatic N) is 1. The zero-order valence-electron chi connectivity index (χ0n) is 11.5. The SMILES string of the molecule is CC(NCC(O)COCc1ccccc1)c1nccs1. The van der Waals surface area contributed by atoms with Gasteiger partial charge in [-0.2, -0.15) is 0 Å². The summed E-state index contributed by atoms with van der Waals surface area (Å²) in [7, 11) is 0. The molecule has 2 aromatic rings. The second kappa shape index (κ2) is 8.11. The van der Waals surface area contributed by atoms with Gasteiger partial charge in [0, 0.05) is 18.1 Å². The first-order chi connectivity index (χ1) is 9.75. The topological polar surface area (TPSA) is 54.4 Å². The van der Waals surface area contributed by atoms with Gasteiger partial charge in [0.15, 0.2) is 0 Å². The molecule has 1 heterocycles. The van der Waals surface area contributed by atoms with Crippen molar-refractivity contribution in [2.75, 3.05) is 13.2 Å². The van der Waals surface area contributed by atoms with E-state index < -0.39 is 6.10 Å². The highest BCUT2D eigenvalue weighted by atomic mass is 32.1. The smallest absolute Gasteiger partial charge is 0.109 e. The molecule has 0 saturated heterocycles. The zero-order valence-corrected chi connectivity index (χ0v) is 12.3.